The molecule has 1 aliphatic rings. The normalized spacial score (nSPS) is 26.4. The van der Waals surface area contributed by atoms with Crippen molar-refractivity contribution in [2.24, 2.45) is 11.7 Å². The highest BCUT2D eigenvalue weighted by molar-refractivity contribution is 5.74. The molecule has 4 N–H and O–H groups in total. The molecule has 1 fully saturated rings. The summed E-state index contributed by atoms with van der Waals surface area (Å²) < 4.78 is 0. The van der Waals surface area contributed by atoms with Crippen LogP contribution in [-0.4, -0.2) is 24.2 Å². The van der Waals surface area contributed by atoms with E-state index in [9.17, 15) is 4.79 Å². The van der Waals surface area contributed by atoms with Crippen molar-refractivity contribution in [2.75, 3.05) is 6.54 Å². The highest BCUT2D eigenvalue weighted by atomic mass is 16.2. The van der Waals surface area contributed by atoms with E-state index in [2.05, 4.69) is 10.6 Å². The highest BCUT2D eigenvalue weighted by Crippen LogP contribution is 2.22. The number of nitrogens with two attached hydrogens (primary N) is 1. The molecule has 1 rings (SSSR count). The first kappa shape index (κ1) is 12.3. The monoisotopic (exact) mass is 213 g/mol. The van der Waals surface area contributed by atoms with E-state index in [-0.39, 0.29) is 11.6 Å². The van der Waals surface area contributed by atoms with Crippen LogP contribution in [0.25, 0.3) is 0 Å². The smallest absolute Gasteiger partial charge is 0.315 e. The van der Waals surface area contributed by atoms with Crippen LogP contribution < -0.4 is 16.4 Å². The fourth-order valence-corrected chi connectivity index (χ4v) is 1.92. The van der Waals surface area contributed by atoms with Gasteiger partial charge in [0, 0.05) is 18.1 Å². The number of hydrogen-bond donors (Lipinski definition) is 3. The Morgan fingerprint density at radius 2 is 2.07 bits per heavy atom. The van der Waals surface area contributed by atoms with Crippen molar-refractivity contribution in [1.29, 1.82) is 0 Å². The van der Waals surface area contributed by atoms with Gasteiger partial charge in [0.2, 0.25) is 0 Å². The van der Waals surface area contributed by atoms with Crippen molar-refractivity contribution in [3.05, 3.63) is 0 Å². The first-order valence-corrected chi connectivity index (χ1v) is 5.68. The van der Waals surface area contributed by atoms with Gasteiger partial charge in [-0.25, -0.2) is 4.79 Å². The molecule has 88 valence electrons. The maximum absolute atomic E-state index is 11.4. The summed E-state index contributed by atoms with van der Waals surface area (Å²) in [6.45, 7) is 6.66. The summed E-state index contributed by atoms with van der Waals surface area (Å²) in [5.41, 5.74) is 5.63. The second-order valence-corrected chi connectivity index (χ2v) is 5.52. The van der Waals surface area contributed by atoms with Crippen LogP contribution in [0.4, 0.5) is 4.79 Å². The first-order chi connectivity index (χ1) is 6.87. The number of hydrogen-bond acceptors (Lipinski definition) is 2. The number of nitrogens with one attached hydrogen (secondary N) is 2. The van der Waals surface area contributed by atoms with Gasteiger partial charge in [0.05, 0.1) is 0 Å². The molecule has 0 aromatic rings. The minimum absolute atomic E-state index is 0.0806. The van der Waals surface area contributed by atoms with Gasteiger partial charge >= 0.3 is 6.03 Å². The van der Waals surface area contributed by atoms with Crippen molar-refractivity contribution in [3.8, 4) is 0 Å². The predicted octanol–water partition coefficient (Wildman–Crippen LogP) is 1.21. The molecule has 0 aromatic carbocycles. The van der Waals surface area contributed by atoms with Gasteiger partial charge in [-0.3, -0.25) is 0 Å². The van der Waals surface area contributed by atoms with Crippen LogP contribution in [0.5, 0.6) is 0 Å². The Kier molecular flexibility index (Phi) is 3.97. The molecule has 0 spiro atoms. The van der Waals surface area contributed by atoms with E-state index in [1.807, 2.05) is 20.8 Å². The molecule has 0 radical (unpaired) electrons. The zero-order chi connectivity index (χ0) is 11.5. The van der Waals surface area contributed by atoms with E-state index < -0.39 is 0 Å². The number of carbonyl (C=O) groups excluding carboxylic acids is 1. The lowest BCUT2D eigenvalue weighted by molar-refractivity contribution is 0.230. The second-order valence-electron chi connectivity index (χ2n) is 5.52. The summed E-state index contributed by atoms with van der Waals surface area (Å²) in [5.74, 6) is 0.561. The minimum atomic E-state index is -0.170. The summed E-state index contributed by atoms with van der Waals surface area (Å²) >= 11 is 0. The molecule has 0 aromatic heterocycles. The van der Waals surface area contributed by atoms with Gasteiger partial charge in [-0.05, 0) is 46.0 Å². The van der Waals surface area contributed by atoms with Crippen LogP contribution >= 0.6 is 0 Å². The van der Waals surface area contributed by atoms with Crippen molar-refractivity contribution in [3.63, 3.8) is 0 Å². The maximum atomic E-state index is 11.4. The van der Waals surface area contributed by atoms with Crippen LogP contribution in [0, 0.1) is 5.92 Å². The van der Waals surface area contributed by atoms with Crippen LogP contribution in [0.3, 0.4) is 0 Å². The van der Waals surface area contributed by atoms with Gasteiger partial charge in [0.1, 0.15) is 0 Å². The molecule has 0 unspecified atom stereocenters. The molecule has 1 aliphatic carbocycles. The lowest BCUT2D eigenvalue weighted by Crippen LogP contribution is -2.47. The maximum Gasteiger partial charge on any atom is 0.315 e. The average Bonchev–Trinajstić information content (AvgIpc) is 2.45. The number of urea groups is 1. The zero-order valence-corrected chi connectivity index (χ0v) is 9.97. The Labute approximate surface area is 92.0 Å². The van der Waals surface area contributed by atoms with E-state index in [0.29, 0.717) is 12.0 Å². The molecular weight excluding hydrogens is 190 g/mol. The zero-order valence-electron chi connectivity index (χ0n) is 9.97. The van der Waals surface area contributed by atoms with E-state index in [0.717, 1.165) is 25.8 Å². The van der Waals surface area contributed by atoms with Gasteiger partial charge in [-0.1, -0.05) is 0 Å². The molecular formula is C11H23N3O. The van der Waals surface area contributed by atoms with E-state index >= 15 is 0 Å². The third kappa shape index (κ3) is 5.02. The third-order valence-corrected chi connectivity index (χ3v) is 2.62. The minimum Gasteiger partial charge on any atom is -0.338 e. The summed E-state index contributed by atoms with van der Waals surface area (Å²) in [7, 11) is 0. The Bertz CT molecular complexity index is 222. The van der Waals surface area contributed by atoms with Crippen molar-refractivity contribution in [2.45, 2.75) is 51.6 Å². The molecule has 2 atom stereocenters. The van der Waals surface area contributed by atoms with Crippen molar-refractivity contribution >= 4 is 6.03 Å². The van der Waals surface area contributed by atoms with Gasteiger partial charge in [-0.15, -0.1) is 0 Å². The summed E-state index contributed by atoms with van der Waals surface area (Å²) in [6.07, 6.45) is 3.26. The molecule has 0 saturated heterocycles. The van der Waals surface area contributed by atoms with Gasteiger partial charge in [0.25, 0.3) is 0 Å². The molecule has 0 heterocycles. The first-order valence-electron chi connectivity index (χ1n) is 5.68. The van der Waals surface area contributed by atoms with Crippen LogP contribution in [0.2, 0.25) is 0 Å². The Hall–Kier alpha value is -0.770. The molecule has 2 amide bonds. The number of carbonyl (C=O) groups is 1. The topological polar surface area (TPSA) is 67.2 Å². The summed E-state index contributed by atoms with van der Waals surface area (Å²) in [6, 6.07) is 0.255. The van der Waals surface area contributed by atoms with Gasteiger partial charge in [-0.2, -0.15) is 0 Å². The lowest BCUT2D eigenvalue weighted by Gasteiger charge is -2.21. The standard InChI is InChI=1S/C11H23N3O/c1-11(2,3)14-10(15)13-7-8-4-5-9(12)6-8/h8-9H,4-7,12H2,1-3H3,(H2,13,14,15)/t8-,9+/m1/s1. The summed E-state index contributed by atoms with van der Waals surface area (Å²) in [4.78, 5) is 11.4. The summed E-state index contributed by atoms with van der Waals surface area (Å²) in [5, 5.41) is 5.77. The molecule has 4 nitrogen and oxygen atoms in total. The third-order valence-electron chi connectivity index (χ3n) is 2.62. The van der Waals surface area contributed by atoms with Crippen LogP contribution in [0.1, 0.15) is 40.0 Å². The van der Waals surface area contributed by atoms with Crippen molar-refractivity contribution < 1.29 is 4.79 Å². The Morgan fingerprint density at radius 3 is 2.53 bits per heavy atom. The Morgan fingerprint density at radius 1 is 1.40 bits per heavy atom. The lowest BCUT2D eigenvalue weighted by atomic mass is 10.1. The molecule has 4 heteroatoms. The molecule has 15 heavy (non-hydrogen) atoms. The number of amides is 2. The molecule has 0 bridgehead atoms. The number of rotatable bonds is 2. The Balaban J connectivity index is 2.17. The molecule has 0 aliphatic heterocycles. The molecule has 1 saturated carbocycles. The largest absolute Gasteiger partial charge is 0.338 e. The van der Waals surface area contributed by atoms with Gasteiger partial charge in [0.15, 0.2) is 0 Å². The van der Waals surface area contributed by atoms with Gasteiger partial charge < -0.3 is 16.4 Å². The average molecular weight is 213 g/mol. The SMILES string of the molecule is CC(C)(C)NC(=O)NC[C@@H]1CC[C@H](N)C1. The van der Waals surface area contributed by atoms with E-state index in [1.165, 1.54) is 0 Å². The van der Waals surface area contributed by atoms with E-state index in [1.54, 1.807) is 0 Å². The van der Waals surface area contributed by atoms with Crippen LogP contribution in [-0.2, 0) is 0 Å². The van der Waals surface area contributed by atoms with Crippen molar-refractivity contribution in [1.82, 2.24) is 10.6 Å². The van der Waals surface area contributed by atoms with Crippen LogP contribution in [0.15, 0.2) is 0 Å². The second kappa shape index (κ2) is 4.84. The van der Waals surface area contributed by atoms with E-state index in [4.69, 9.17) is 5.73 Å². The fraction of sp³-hybridized carbons (Fsp3) is 0.909. The fourth-order valence-electron chi connectivity index (χ4n) is 1.92. The predicted molar refractivity (Wildman–Crippen MR) is 61.6 cm³/mol. The highest BCUT2D eigenvalue weighted by Gasteiger charge is 2.22. The quantitative estimate of drug-likeness (QED) is 0.645.